The van der Waals surface area contributed by atoms with E-state index in [1.807, 2.05) is 20.8 Å². The predicted molar refractivity (Wildman–Crippen MR) is 91.9 cm³/mol. The average molecular weight is 431 g/mol. The standard InChI is InChI=1S/C11H21N5O3S.HI/c1-11(2,3)15-10(12)13-5-6-14-20(17,18)8-9-4-7-19-16-9;/h4,7,14H,5-6,8H2,1-3H3,(H3,12,13,15);1H. The Kier molecular flexibility index (Phi) is 8.18. The van der Waals surface area contributed by atoms with Gasteiger partial charge < -0.3 is 15.6 Å². The summed E-state index contributed by atoms with van der Waals surface area (Å²) < 4.78 is 30.4. The smallest absolute Gasteiger partial charge is 0.217 e. The van der Waals surface area contributed by atoms with Crippen LogP contribution in [0.2, 0.25) is 0 Å². The monoisotopic (exact) mass is 431 g/mol. The van der Waals surface area contributed by atoms with Crippen LogP contribution in [0.1, 0.15) is 26.5 Å². The molecule has 0 aliphatic carbocycles. The number of guanidine groups is 1. The first-order valence-corrected chi connectivity index (χ1v) is 7.78. The van der Waals surface area contributed by atoms with Gasteiger partial charge in [0, 0.05) is 18.2 Å². The van der Waals surface area contributed by atoms with Gasteiger partial charge in [-0.05, 0) is 20.8 Å². The van der Waals surface area contributed by atoms with Gasteiger partial charge in [0.05, 0.1) is 12.2 Å². The van der Waals surface area contributed by atoms with Gasteiger partial charge in [0.1, 0.15) is 12.0 Å². The molecule has 0 aliphatic heterocycles. The number of halogens is 1. The Labute approximate surface area is 142 Å². The van der Waals surface area contributed by atoms with Gasteiger partial charge in [-0.2, -0.15) is 0 Å². The molecule has 122 valence electrons. The Balaban J connectivity index is 0.00000400. The highest BCUT2D eigenvalue weighted by molar-refractivity contribution is 14.0. The molecule has 1 rings (SSSR count). The van der Waals surface area contributed by atoms with Crippen LogP contribution >= 0.6 is 24.0 Å². The van der Waals surface area contributed by atoms with E-state index in [1.54, 1.807) is 0 Å². The molecule has 1 aromatic rings. The van der Waals surface area contributed by atoms with E-state index < -0.39 is 10.0 Å². The molecule has 0 aliphatic rings. The molecule has 0 saturated carbocycles. The zero-order chi connectivity index (χ0) is 15.2. The summed E-state index contributed by atoms with van der Waals surface area (Å²) in [6.45, 7) is 6.29. The summed E-state index contributed by atoms with van der Waals surface area (Å²) in [5.41, 5.74) is 5.83. The van der Waals surface area contributed by atoms with E-state index in [4.69, 9.17) is 5.73 Å². The van der Waals surface area contributed by atoms with Crippen LogP contribution in [0, 0.1) is 0 Å². The molecule has 4 N–H and O–H groups in total. The van der Waals surface area contributed by atoms with Crippen molar-refractivity contribution in [1.82, 2.24) is 15.2 Å². The Morgan fingerprint density at radius 1 is 1.48 bits per heavy atom. The molecule has 10 heteroatoms. The van der Waals surface area contributed by atoms with Crippen LogP contribution in [-0.2, 0) is 15.8 Å². The van der Waals surface area contributed by atoms with Crippen LogP contribution in [-0.4, -0.2) is 38.2 Å². The summed E-state index contributed by atoms with van der Waals surface area (Å²) in [7, 11) is -3.44. The minimum Gasteiger partial charge on any atom is -0.370 e. The van der Waals surface area contributed by atoms with Crippen LogP contribution in [0.3, 0.4) is 0 Å². The molecular weight excluding hydrogens is 409 g/mol. The van der Waals surface area contributed by atoms with Gasteiger partial charge in [-0.3, -0.25) is 4.99 Å². The van der Waals surface area contributed by atoms with E-state index in [-0.39, 0.29) is 54.3 Å². The molecule has 0 atom stereocenters. The van der Waals surface area contributed by atoms with Gasteiger partial charge in [0.15, 0.2) is 5.96 Å². The zero-order valence-corrected chi connectivity index (χ0v) is 15.4. The molecule has 0 radical (unpaired) electrons. The van der Waals surface area contributed by atoms with E-state index in [9.17, 15) is 8.42 Å². The van der Waals surface area contributed by atoms with Crippen LogP contribution in [0.15, 0.2) is 21.8 Å². The number of hydrogen-bond donors (Lipinski definition) is 3. The average Bonchev–Trinajstić information content (AvgIpc) is 2.74. The van der Waals surface area contributed by atoms with Crippen LogP contribution in [0.25, 0.3) is 0 Å². The van der Waals surface area contributed by atoms with Crippen molar-refractivity contribution < 1.29 is 12.9 Å². The number of sulfonamides is 1. The Bertz CT molecular complexity index is 537. The van der Waals surface area contributed by atoms with Crippen LogP contribution < -0.4 is 15.8 Å². The molecule has 0 unspecified atom stereocenters. The lowest BCUT2D eigenvalue weighted by Crippen LogP contribution is -2.45. The third-order valence-electron chi connectivity index (χ3n) is 2.05. The Hall–Kier alpha value is -0.880. The number of nitrogens with zero attached hydrogens (tertiary/aromatic N) is 2. The topological polar surface area (TPSA) is 123 Å². The van der Waals surface area contributed by atoms with E-state index >= 15 is 0 Å². The number of aromatic nitrogens is 1. The predicted octanol–water partition coefficient (Wildman–Crippen LogP) is 0.415. The lowest BCUT2D eigenvalue weighted by Gasteiger charge is -2.20. The highest BCUT2D eigenvalue weighted by atomic mass is 127. The molecule has 1 aromatic heterocycles. The highest BCUT2D eigenvalue weighted by Crippen LogP contribution is 2.00. The lowest BCUT2D eigenvalue weighted by molar-refractivity contribution is 0.413. The summed E-state index contributed by atoms with van der Waals surface area (Å²) in [6, 6.07) is 1.50. The van der Waals surface area contributed by atoms with E-state index in [0.29, 0.717) is 5.69 Å². The van der Waals surface area contributed by atoms with Crippen LogP contribution in [0.4, 0.5) is 0 Å². The first-order valence-electron chi connectivity index (χ1n) is 6.13. The van der Waals surface area contributed by atoms with E-state index in [2.05, 4.69) is 24.7 Å². The highest BCUT2D eigenvalue weighted by Gasteiger charge is 2.13. The lowest BCUT2D eigenvalue weighted by atomic mass is 10.1. The first-order chi connectivity index (χ1) is 9.18. The normalized spacial score (nSPS) is 12.8. The second-order valence-corrected chi connectivity index (χ2v) is 7.09. The maximum Gasteiger partial charge on any atom is 0.217 e. The molecule has 0 amide bonds. The van der Waals surface area contributed by atoms with Crippen molar-refractivity contribution in [2.45, 2.75) is 32.1 Å². The van der Waals surface area contributed by atoms with Crippen molar-refractivity contribution >= 4 is 40.0 Å². The fourth-order valence-electron chi connectivity index (χ4n) is 1.36. The van der Waals surface area contributed by atoms with Gasteiger partial charge >= 0.3 is 0 Å². The SMILES string of the molecule is CC(C)(C)NC(N)=NCCNS(=O)(=O)Cc1ccon1.I. The second-order valence-electron chi connectivity index (χ2n) is 5.29. The summed E-state index contributed by atoms with van der Waals surface area (Å²) in [4.78, 5) is 4.03. The van der Waals surface area contributed by atoms with E-state index in [0.717, 1.165) is 0 Å². The van der Waals surface area contributed by atoms with Crippen molar-refractivity contribution in [3.05, 3.63) is 18.0 Å². The fraction of sp³-hybridized carbons (Fsp3) is 0.636. The second kappa shape index (κ2) is 8.54. The van der Waals surface area contributed by atoms with Gasteiger partial charge in [-0.1, -0.05) is 5.16 Å². The Morgan fingerprint density at radius 2 is 2.14 bits per heavy atom. The molecule has 21 heavy (non-hydrogen) atoms. The molecule has 1 heterocycles. The van der Waals surface area contributed by atoms with Gasteiger partial charge in [-0.25, -0.2) is 13.1 Å². The number of aliphatic imine (C=N–C) groups is 1. The third-order valence-corrected chi connectivity index (χ3v) is 3.37. The molecule has 0 bridgehead atoms. The van der Waals surface area contributed by atoms with E-state index in [1.165, 1.54) is 12.3 Å². The third kappa shape index (κ3) is 9.63. The Morgan fingerprint density at radius 3 is 2.67 bits per heavy atom. The summed E-state index contributed by atoms with van der Waals surface area (Å²) in [5, 5.41) is 6.53. The zero-order valence-electron chi connectivity index (χ0n) is 12.3. The largest absolute Gasteiger partial charge is 0.370 e. The molecule has 0 aromatic carbocycles. The molecule has 0 saturated heterocycles. The van der Waals surface area contributed by atoms with Crippen molar-refractivity contribution in [2.75, 3.05) is 13.1 Å². The molecule has 0 fully saturated rings. The minimum absolute atomic E-state index is 0. The van der Waals surface area contributed by atoms with Crippen molar-refractivity contribution in [3.63, 3.8) is 0 Å². The quantitative estimate of drug-likeness (QED) is 0.260. The van der Waals surface area contributed by atoms with Gasteiger partial charge in [-0.15, -0.1) is 24.0 Å². The molecule has 0 spiro atoms. The van der Waals surface area contributed by atoms with Crippen molar-refractivity contribution in [2.24, 2.45) is 10.7 Å². The van der Waals surface area contributed by atoms with Crippen molar-refractivity contribution in [3.8, 4) is 0 Å². The number of nitrogens with two attached hydrogens (primary N) is 1. The number of rotatable bonds is 6. The van der Waals surface area contributed by atoms with Gasteiger partial charge in [0.2, 0.25) is 10.0 Å². The van der Waals surface area contributed by atoms with Crippen LogP contribution in [0.5, 0.6) is 0 Å². The first kappa shape index (κ1) is 20.1. The number of hydrogen-bond acceptors (Lipinski definition) is 5. The number of nitrogens with one attached hydrogen (secondary N) is 2. The maximum atomic E-state index is 11.7. The summed E-state index contributed by atoms with van der Waals surface area (Å²) in [5.74, 6) is 0.0661. The summed E-state index contributed by atoms with van der Waals surface area (Å²) >= 11 is 0. The van der Waals surface area contributed by atoms with Gasteiger partial charge in [0.25, 0.3) is 0 Å². The fourth-order valence-corrected chi connectivity index (χ4v) is 2.40. The minimum atomic E-state index is -3.44. The summed E-state index contributed by atoms with van der Waals surface area (Å²) in [6.07, 6.45) is 1.33. The molecular formula is C11H22IN5O3S. The maximum absolute atomic E-state index is 11.7. The van der Waals surface area contributed by atoms with Crippen molar-refractivity contribution in [1.29, 1.82) is 0 Å². The molecule has 8 nitrogen and oxygen atoms in total.